The van der Waals surface area contributed by atoms with Crippen molar-refractivity contribution in [1.82, 2.24) is 5.00 Å². The topological polar surface area (TPSA) is 32.3 Å². The Kier molecular flexibility index (Phi) is 20.3. The zero-order valence-corrected chi connectivity index (χ0v) is 5.76. The van der Waals surface area contributed by atoms with Crippen LogP contribution in [0.1, 0.15) is 0 Å². The molecule has 0 aliphatic carbocycles. The summed E-state index contributed by atoms with van der Waals surface area (Å²) in [7, 11) is 0. The molecule has 0 spiro atoms. The number of hydrogen-bond donors (Lipinski definition) is 2. The molecule has 0 aliphatic rings. The summed E-state index contributed by atoms with van der Waals surface area (Å²) in [6.07, 6.45) is 0. The van der Waals surface area contributed by atoms with E-state index in [1.54, 1.807) is 0 Å². The van der Waals surface area contributed by atoms with E-state index in [4.69, 9.17) is 5.21 Å². The summed E-state index contributed by atoms with van der Waals surface area (Å²) in [4.78, 5) is 1.22. The Hall–Kier alpha value is 0.833. The molecule has 0 radical (unpaired) electrons. The van der Waals surface area contributed by atoms with E-state index in [9.17, 15) is 0 Å². The summed E-state index contributed by atoms with van der Waals surface area (Å²) in [6.45, 7) is 0. The van der Waals surface area contributed by atoms with E-state index in [-0.39, 0.29) is 19.5 Å². The summed E-state index contributed by atoms with van der Waals surface area (Å²) < 4.78 is 0. The maximum absolute atomic E-state index is 7.08. The number of rotatable bonds is 0. The molecule has 0 bridgehead atoms. The van der Waals surface area contributed by atoms with Crippen molar-refractivity contribution in [3.05, 3.63) is 0 Å². The van der Waals surface area contributed by atoms with Crippen LogP contribution in [0.25, 0.3) is 0 Å². The van der Waals surface area contributed by atoms with Crippen molar-refractivity contribution in [1.29, 1.82) is 0 Å². The van der Waals surface area contributed by atoms with Crippen LogP contribution in [0.15, 0.2) is 0 Å². The van der Waals surface area contributed by atoms with Crippen molar-refractivity contribution >= 4 is 11.8 Å². The summed E-state index contributed by atoms with van der Waals surface area (Å²) in [6, 6.07) is 0. The van der Waals surface area contributed by atoms with E-state index in [0.717, 1.165) is 0 Å². The molecule has 0 aliphatic heterocycles. The third-order valence-corrected chi connectivity index (χ3v) is 0. The second-order valence-electron chi connectivity index (χ2n) is 0.0845. The molecule has 0 aromatic carbocycles. The van der Waals surface area contributed by atoms with Crippen molar-refractivity contribution in [2.24, 2.45) is 0 Å². The van der Waals surface area contributed by atoms with Crippen LogP contribution in [-0.2, 0) is 19.5 Å². The minimum absolute atomic E-state index is 0. The van der Waals surface area contributed by atoms with Crippen molar-refractivity contribution in [3.8, 4) is 0 Å². The Morgan fingerprint density at radius 2 is 1.75 bits per heavy atom. The molecule has 0 heterocycles. The van der Waals surface area contributed by atoms with Crippen molar-refractivity contribution < 1.29 is 24.7 Å². The minimum Gasteiger partial charge on any atom is -0.301 e. The predicted molar refractivity (Wildman–Crippen MR) is 10.8 cm³/mol. The van der Waals surface area contributed by atoms with Gasteiger partial charge in [-0.25, -0.2) is 0 Å². The second kappa shape index (κ2) is 9.16. The SMILES string of the molecule is ONCl.[Zn]. The average Bonchev–Trinajstić information content (AvgIpc) is 0.918. The van der Waals surface area contributed by atoms with Crippen LogP contribution in [-0.4, -0.2) is 5.21 Å². The number of nitrogens with one attached hydrogen (secondary N) is 1. The first-order chi connectivity index (χ1) is 1.41. The summed E-state index contributed by atoms with van der Waals surface area (Å²) >= 11 is 4.30. The zero-order chi connectivity index (χ0) is 2.71. The molecule has 0 aromatic rings. The summed E-state index contributed by atoms with van der Waals surface area (Å²) in [5, 5.41) is 7.08. The van der Waals surface area contributed by atoms with Crippen molar-refractivity contribution in [2.45, 2.75) is 0 Å². The molecule has 0 unspecified atom stereocenters. The number of halogens is 1. The number of hydrogen-bond acceptors (Lipinski definition) is 2. The van der Waals surface area contributed by atoms with Crippen LogP contribution in [0, 0.1) is 0 Å². The quantitative estimate of drug-likeness (QED) is 0.279. The molecule has 0 amide bonds. The third kappa shape index (κ3) is 13.7. The Bertz CT molecular complexity index is 8.00. The summed E-state index contributed by atoms with van der Waals surface area (Å²) in [5.74, 6) is 0. The maximum atomic E-state index is 7.08. The van der Waals surface area contributed by atoms with E-state index < -0.39 is 0 Å². The molecular weight excluding hydrogens is 131 g/mol. The van der Waals surface area contributed by atoms with Gasteiger partial charge >= 0.3 is 0 Å². The standard InChI is InChI=1S/ClH2NO.Zn/c1-2-3;/h2-3H;. The van der Waals surface area contributed by atoms with E-state index in [2.05, 4.69) is 11.8 Å². The fourth-order valence-electron chi connectivity index (χ4n) is 0. The van der Waals surface area contributed by atoms with Crippen LogP contribution >= 0.6 is 11.8 Å². The molecule has 2 nitrogen and oxygen atoms in total. The molecule has 4 heteroatoms. The van der Waals surface area contributed by atoms with Gasteiger partial charge in [0.1, 0.15) is 0 Å². The molecular formula is H2ClNOZn. The Balaban J connectivity index is 0. The Morgan fingerprint density at radius 3 is 1.75 bits per heavy atom. The first-order valence-corrected chi connectivity index (χ1v) is 0.791. The van der Waals surface area contributed by atoms with Gasteiger partial charge in [0.25, 0.3) is 0 Å². The van der Waals surface area contributed by atoms with Gasteiger partial charge in [0.05, 0.1) is 0 Å². The van der Waals surface area contributed by atoms with Crippen LogP contribution in [0.3, 0.4) is 0 Å². The molecule has 4 heavy (non-hydrogen) atoms. The van der Waals surface area contributed by atoms with E-state index in [1.165, 1.54) is 5.00 Å². The van der Waals surface area contributed by atoms with Gasteiger partial charge in [-0.3, -0.25) is 0 Å². The van der Waals surface area contributed by atoms with E-state index in [1.807, 2.05) is 0 Å². The van der Waals surface area contributed by atoms with Gasteiger partial charge in [0.15, 0.2) is 0 Å². The monoisotopic (exact) mass is 131 g/mol. The molecule has 0 atom stereocenters. The molecule has 2 N–H and O–H groups in total. The van der Waals surface area contributed by atoms with Gasteiger partial charge in [-0.2, -0.15) is 0 Å². The van der Waals surface area contributed by atoms with Gasteiger partial charge in [-0.05, 0) is 0 Å². The van der Waals surface area contributed by atoms with Crippen LogP contribution in [0.2, 0.25) is 0 Å². The van der Waals surface area contributed by atoms with Crippen LogP contribution < -0.4 is 5.00 Å². The fourth-order valence-corrected chi connectivity index (χ4v) is 0. The first-order valence-electron chi connectivity index (χ1n) is 0.413. The normalized spacial score (nSPS) is 4.50. The smallest absolute Gasteiger partial charge is 0.00268 e. The molecule has 22 valence electrons. The third-order valence-electron chi connectivity index (χ3n) is 0. The van der Waals surface area contributed by atoms with Crippen molar-refractivity contribution in [2.75, 3.05) is 0 Å². The second-order valence-corrected chi connectivity index (χ2v) is 0.254. The van der Waals surface area contributed by atoms with E-state index >= 15 is 0 Å². The largest absolute Gasteiger partial charge is 0.301 e. The van der Waals surface area contributed by atoms with Crippen LogP contribution in [0.4, 0.5) is 0 Å². The van der Waals surface area contributed by atoms with E-state index in [0.29, 0.717) is 0 Å². The van der Waals surface area contributed by atoms with Gasteiger partial charge in [-0.1, -0.05) is 0 Å². The zero-order valence-electron chi connectivity index (χ0n) is 2.03. The maximum Gasteiger partial charge on any atom is 0.00268 e. The first kappa shape index (κ1) is 8.85. The molecule has 0 aromatic heterocycles. The van der Waals surface area contributed by atoms with Gasteiger partial charge < -0.3 is 5.21 Å². The van der Waals surface area contributed by atoms with Gasteiger partial charge in [0.2, 0.25) is 0 Å². The Labute approximate surface area is 42.0 Å². The molecule has 0 fully saturated rings. The molecule has 0 saturated carbocycles. The van der Waals surface area contributed by atoms with Crippen molar-refractivity contribution in [3.63, 3.8) is 0 Å². The van der Waals surface area contributed by atoms with Crippen LogP contribution in [0.5, 0.6) is 0 Å². The van der Waals surface area contributed by atoms with Gasteiger partial charge in [-0.15, -0.1) is 5.00 Å². The average molecular weight is 133 g/mol. The van der Waals surface area contributed by atoms with Gasteiger partial charge in [0, 0.05) is 31.3 Å². The molecule has 0 saturated heterocycles. The summed E-state index contributed by atoms with van der Waals surface area (Å²) in [5.41, 5.74) is 0. The Morgan fingerprint density at radius 1 is 1.75 bits per heavy atom. The minimum atomic E-state index is 0. The predicted octanol–water partition coefficient (Wildman–Crippen LogP) is 0.116. The molecule has 0 rings (SSSR count). The fraction of sp³-hybridized carbons (Fsp3) is 0.